The number of halogens is 1. The van der Waals surface area contributed by atoms with E-state index in [2.05, 4.69) is 15.4 Å². The molecule has 0 amide bonds. The van der Waals surface area contributed by atoms with Crippen LogP contribution >= 0.6 is 11.6 Å². The molecule has 2 heterocycles. The van der Waals surface area contributed by atoms with Crippen molar-refractivity contribution in [3.05, 3.63) is 46.9 Å². The van der Waals surface area contributed by atoms with Crippen molar-refractivity contribution < 1.29 is 4.74 Å². The number of rotatable bonds is 3. The van der Waals surface area contributed by atoms with E-state index in [1.807, 2.05) is 26.0 Å². The van der Waals surface area contributed by atoms with E-state index >= 15 is 0 Å². The zero-order valence-electron chi connectivity index (χ0n) is 11.6. The molecule has 0 unspecified atom stereocenters. The number of hydrogen-bond donors (Lipinski definition) is 2. The number of imidazole rings is 1. The maximum atomic E-state index is 6.16. The fourth-order valence-electron chi connectivity index (χ4n) is 2.12. The summed E-state index contributed by atoms with van der Waals surface area (Å²) in [5.41, 5.74) is 5.00. The van der Waals surface area contributed by atoms with Gasteiger partial charge in [-0.15, -0.1) is 0 Å². The number of anilines is 1. The summed E-state index contributed by atoms with van der Waals surface area (Å²) < 4.78 is 7.65. The Balaban J connectivity index is 2.07. The van der Waals surface area contributed by atoms with Gasteiger partial charge < -0.3 is 10.2 Å². The molecule has 0 atom stereocenters. The molecular weight excluding hydrogens is 290 g/mol. The van der Waals surface area contributed by atoms with Crippen LogP contribution in [0.25, 0.3) is 5.65 Å². The molecule has 3 rings (SSSR count). The topological polar surface area (TPSA) is 77.5 Å². The van der Waals surface area contributed by atoms with E-state index in [1.54, 1.807) is 23.0 Å². The number of hydrogen-bond acceptors (Lipinski definition) is 5. The van der Waals surface area contributed by atoms with Crippen molar-refractivity contribution in [1.29, 1.82) is 0 Å². The average Bonchev–Trinajstić information content (AvgIpc) is 2.93. The van der Waals surface area contributed by atoms with Crippen LogP contribution < -0.4 is 16.0 Å². The zero-order valence-corrected chi connectivity index (χ0v) is 12.3. The smallest absolute Gasteiger partial charge is 0.265 e. The van der Waals surface area contributed by atoms with Gasteiger partial charge in [-0.05, 0) is 37.1 Å². The van der Waals surface area contributed by atoms with Gasteiger partial charge in [0.1, 0.15) is 5.75 Å². The van der Waals surface area contributed by atoms with Crippen molar-refractivity contribution in [2.45, 2.75) is 13.8 Å². The minimum absolute atomic E-state index is 0.372. The lowest BCUT2D eigenvalue weighted by Crippen LogP contribution is -2.10. The van der Waals surface area contributed by atoms with Gasteiger partial charge in [0.25, 0.3) is 5.88 Å². The van der Waals surface area contributed by atoms with Gasteiger partial charge in [0, 0.05) is 17.4 Å². The van der Waals surface area contributed by atoms with Crippen molar-refractivity contribution in [1.82, 2.24) is 14.4 Å². The molecule has 0 saturated heterocycles. The molecule has 0 aliphatic heterocycles. The average molecular weight is 304 g/mol. The van der Waals surface area contributed by atoms with Gasteiger partial charge in [-0.25, -0.2) is 10.8 Å². The van der Waals surface area contributed by atoms with E-state index in [9.17, 15) is 0 Å². The van der Waals surface area contributed by atoms with Crippen molar-refractivity contribution >= 4 is 23.1 Å². The Morgan fingerprint density at radius 3 is 2.67 bits per heavy atom. The number of aryl methyl sites for hydroxylation is 2. The lowest BCUT2D eigenvalue weighted by molar-refractivity contribution is 0.465. The number of aromatic nitrogens is 3. The highest BCUT2D eigenvalue weighted by Gasteiger charge is 2.11. The third-order valence-corrected chi connectivity index (χ3v) is 3.71. The summed E-state index contributed by atoms with van der Waals surface area (Å²) in [5.74, 6) is 6.93. The number of ether oxygens (including phenoxy) is 1. The summed E-state index contributed by atoms with van der Waals surface area (Å²) >= 11 is 6.16. The number of nitrogen functional groups attached to an aromatic ring is 1. The summed E-state index contributed by atoms with van der Waals surface area (Å²) in [5, 5.41) is 0.735. The van der Waals surface area contributed by atoms with Crippen LogP contribution in [0.4, 0.5) is 5.82 Å². The number of nitrogens with one attached hydrogen (secondary N) is 1. The molecule has 0 radical (unpaired) electrons. The van der Waals surface area contributed by atoms with Crippen molar-refractivity contribution in [3.8, 4) is 11.6 Å². The Hall–Kier alpha value is -2.31. The lowest BCUT2D eigenvalue weighted by Gasteiger charge is -2.11. The first-order valence-electron chi connectivity index (χ1n) is 6.33. The molecular formula is C14H14ClN5O. The summed E-state index contributed by atoms with van der Waals surface area (Å²) in [7, 11) is 0. The number of nitrogens with zero attached hydrogens (tertiary/aromatic N) is 3. The van der Waals surface area contributed by atoms with Crippen LogP contribution in [0.1, 0.15) is 11.1 Å². The van der Waals surface area contributed by atoms with Crippen LogP contribution in [0.2, 0.25) is 5.02 Å². The van der Waals surface area contributed by atoms with Gasteiger partial charge in [0.2, 0.25) is 5.65 Å². The molecule has 0 aliphatic carbocycles. The molecule has 6 nitrogen and oxygen atoms in total. The van der Waals surface area contributed by atoms with Crippen molar-refractivity contribution in [2.24, 2.45) is 5.84 Å². The standard InChI is InChI=1S/C14H14ClN5O/c1-8-5-10(6-9(2)12(8)15)21-14-13-17-3-4-20(13)7-11(18-14)19-16/h3-7,19H,16H2,1-2H3. The van der Waals surface area contributed by atoms with Gasteiger partial charge in [0.15, 0.2) is 5.82 Å². The largest absolute Gasteiger partial charge is 0.436 e. The summed E-state index contributed by atoms with van der Waals surface area (Å²) in [6.45, 7) is 3.86. The molecule has 0 fully saturated rings. The predicted octanol–water partition coefficient (Wildman–Crippen LogP) is 3.08. The number of fused-ring (bicyclic) bond motifs is 1. The Bertz CT molecular complexity index is 791. The van der Waals surface area contributed by atoms with Gasteiger partial charge in [0.05, 0.1) is 6.20 Å². The van der Waals surface area contributed by atoms with Crippen LogP contribution in [-0.4, -0.2) is 14.4 Å². The highest BCUT2D eigenvalue weighted by Crippen LogP contribution is 2.30. The molecule has 3 aromatic rings. The first-order chi connectivity index (χ1) is 10.1. The van der Waals surface area contributed by atoms with Gasteiger partial charge in [-0.3, -0.25) is 4.40 Å². The molecule has 0 saturated carbocycles. The normalized spacial score (nSPS) is 10.9. The second-order valence-electron chi connectivity index (χ2n) is 4.71. The van der Waals surface area contributed by atoms with E-state index in [0.29, 0.717) is 23.1 Å². The van der Waals surface area contributed by atoms with Crippen LogP contribution in [0.15, 0.2) is 30.7 Å². The maximum Gasteiger partial charge on any atom is 0.265 e. The Labute approximate surface area is 126 Å². The minimum Gasteiger partial charge on any atom is -0.436 e. The molecule has 21 heavy (non-hydrogen) atoms. The SMILES string of the molecule is Cc1cc(Oc2nc(NN)cn3ccnc23)cc(C)c1Cl. The Morgan fingerprint density at radius 1 is 1.29 bits per heavy atom. The molecule has 2 aromatic heterocycles. The quantitative estimate of drug-likeness (QED) is 0.574. The molecule has 0 spiro atoms. The van der Waals surface area contributed by atoms with E-state index in [0.717, 1.165) is 16.1 Å². The molecule has 108 valence electrons. The fraction of sp³-hybridized carbons (Fsp3) is 0.143. The summed E-state index contributed by atoms with van der Waals surface area (Å²) in [6.07, 6.45) is 5.19. The number of nitrogens with two attached hydrogens (primary N) is 1. The highest BCUT2D eigenvalue weighted by atomic mass is 35.5. The first-order valence-corrected chi connectivity index (χ1v) is 6.71. The molecule has 1 aromatic carbocycles. The van der Waals surface area contributed by atoms with Gasteiger partial charge in [-0.2, -0.15) is 4.98 Å². The summed E-state index contributed by atoms with van der Waals surface area (Å²) in [6, 6.07) is 3.72. The predicted molar refractivity (Wildman–Crippen MR) is 81.8 cm³/mol. The van der Waals surface area contributed by atoms with Gasteiger partial charge in [-0.1, -0.05) is 11.6 Å². The Morgan fingerprint density at radius 2 is 2.00 bits per heavy atom. The van der Waals surface area contributed by atoms with Crippen LogP contribution in [0.3, 0.4) is 0 Å². The highest BCUT2D eigenvalue weighted by molar-refractivity contribution is 6.32. The van der Waals surface area contributed by atoms with E-state index < -0.39 is 0 Å². The zero-order chi connectivity index (χ0) is 15.0. The van der Waals surface area contributed by atoms with Gasteiger partial charge >= 0.3 is 0 Å². The minimum atomic E-state index is 0.372. The second-order valence-corrected chi connectivity index (χ2v) is 5.08. The fourth-order valence-corrected chi connectivity index (χ4v) is 2.23. The summed E-state index contributed by atoms with van der Waals surface area (Å²) in [4.78, 5) is 8.53. The van der Waals surface area contributed by atoms with E-state index in [1.165, 1.54) is 0 Å². The third kappa shape index (κ3) is 2.51. The molecule has 3 N–H and O–H groups in total. The maximum absolute atomic E-state index is 6.16. The monoisotopic (exact) mass is 303 g/mol. The van der Waals surface area contributed by atoms with Crippen LogP contribution in [-0.2, 0) is 0 Å². The molecule has 0 aliphatic rings. The van der Waals surface area contributed by atoms with Crippen LogP contribution in [0, 0.1) is 13.8 Å². The first kappa shape index (κ1) is 13.7. The number of hydrazine groups is 1. The molecule has 7 heteroatoms. The van der Waals surface area contributed by atoms with Crippen LogP contribution in [0.5, 0.6) is 11.6 Å². The Kier molecular flexibility index (Phi) is 3.40. The van der Waals surface area contributed by atoms with E-state index in [-0.39, 0.29) is 0 Å². The third-order valence-electron chi connectivity index (χ3n) is 3.12. The molecule has 0 bridgehead atoms. The van der Waals surface area contributed by atoms with Crippen molar-refractivity contribution in [2.75, 3.05) is 5.43 Å². The van der Waals surface area contributed by atoms with Crippen molar-refractivity contribution in [3.63, 3.8) is 0 Å². The van der Waals surface area contributed by atoms with E-state index in [4.69, 9.17) is 22.2 Å². The lowest BCUT2D eigenvalue weighted by atomic mass is 10.1. The second kappa shape index (κ2) is 5.23. The number of benzene rings is 1.